The smallest absolute Gasteiger partial charge is 0.408 e. The van der Waals surface area contributed by atoms with Crippen LogP contribution in [-0.2, 0) is 32.0 Å². The maximum atomic E-state index is 13.5. The standard InChI is InChI=1S/C28H37F2NO5/c1-18(31-26(33)36-27(3,4)5)25(32)35-19(2)24(16-20-8-12-22(29)13-9-20)28(6,7)34-17-21-10-14-23(30)15-11-21/h8-15,18-19,24H,16-17H2,1-7H3,(H,31,33)/t18?,19-,24-/m0/s1. The first-order valence-corrected chi connectivity index (χ1v) is 12.0. The average molecular weight is 506 g/mol. The lowest BCUT2D eigenvalue weighted by molar-refractivity contribution is -0.162. The molecule has 36 heavy (non-hydrogen) atoms. The molecule has 0 aliphatic carbocycles. The monoisotopic (exact) mass is 505 g/mol. The predicted octanol–water partition coefficient (Wildman–Crippen LogP) is 5.96. The Morgan fingerprint density at radius 3 is 1.86 bits per heavy atom. The van der Waals surface area contributed by atoms with Gasteiger partial charge < -0.3 is 19.5 Å². The number of hydrogen-bond donors (Lipinski definition) is 1. The molecular formula is C28H37F2NO5. The third-order valence-corrected chi connectivity index (χ3v) is 5.74. The molecule has 2 rings (SSSR count). The van der Waals surface area contributed by atoms with Crippen LogP contribution < -0.4 is 5.32 Å². The van der Waals surface area contributed by atoms with E-state index < -0.39 is 35.4 Å². The Hall–Kier alpha value is -3.00. The van der Waals surface area contributed by atoms with Crippen LogP contribution in [0.4, 0.5) is 13.6 Å². The molecule has 1 unspecified atom stereocenters. The summed E-state index contributed by atoms with van der Waals surface area (Å²) in [7, 11) is 0. The maximum absolute atomic E-state index is 13.5. The van der Waals surface area contributed by atoms with Gasteiger partial charge in [0, 0.05) is 5.92 Å². The van der Waals surface area contributed by atoms with Gasteiger partial charge in [-0.05, 0) is 90.3 Å². The number of hydrogen-bond acceptors (Lipinski definition) is 5. The molecule has 0 saturated carbocycles. The molecule has 2 aromatic carbocycles. The van der Waals surface area contributed by atoms with E-state index in [4.69, 9.17) is 14.2 Å². The van der Waals surface area contributed by atoms with Gasteiger partial charge in [-0.1, -0.05) is 24.3 Å². The van der Waals surface area contributed by atoms with Gasteiger partial charge in [0.2, 0.25) is 0 Å². The van der Waals surface area contributed by atoms with Crippen LogP contribution in [0.15, 0.2) is 48.5 Å². The van der Waals surface area contributed by atoms with E-state index in [0.717, 1.165) is 11.1 Å². The van der Waals surface area contributed by atoms with Gasteiger partial charge in [-0.15, -0.1) is 0 Å². The van der Waals surface area contributed by atoms with Gasteiger partial charge in [0.1, 0.15) is 29.4 Å². The molecule has 0 aliphatic rings. The number of amides is 1. The summed E-state index contributed by atoms with van der Waals surface area (Å²) in [6.07, 6.45) is -0.891. The molecule has 0 radical (unpaired) electrons. The summed E-state index contributed by atoms with van der Waals surface area (Å²) in [4.78, 5) is 24.8. The van der Waals surface area contributed by atoms with Gasteiger partial charge in [0.05, 0.1) is 12.2 Å². The average Bonchev–Trinajstić information content (AvgIpc) is 2.76. The van der Waals surface area contributed by atoms with Gasteiger partial charge in [-0.2, -0.15) is 0 Å². The maximum Gasteiger partial charge on any atom is 0.408 e. The van der Waals surface area contributed by atoms with Gasteiger partial charge >= 0.3 is 12.1 Å². The summed E-state index contributed by atoms with van der Waals surface area (Å²) in [5.41, 5.74) is 0.157. The molecule has 0 saturated heterocycles. The van der Waals surface area contributed by atoms with E-state index in [0.29, 0.717) is 6.42 Å². The summed E-state index contributed by atoms with van der Waals surface area (Å²) < 4.78 is 43.9. The Kier molecular flexibility index (Phi) is 9.99. The fourth-order valence-electron chi connectivity index (χ4n) is 3.72. The molecule has 0 aliphatic heterocycles. The lowest BCUT2D eigenvalue weighted by atomic mass is 9.81. The number of halogens is 2. The minimum atomic E-state index is -0.933. The Bertz CT molecular complexity index is 1000. The molecule has 0 spiro atoms. The second-order valence-corrected chi connectivity index (χ2v) is 10.5. The zero-order chi connectivity index (χ0) is 27.1. The van der Waals surface area contributed by atoms with Crippen molar-refractivity contribution in [3.8, 4) is 0 Å². The molecule has 1 N–H and O–H groups in total. The SMILES string of the molecule is CC(NC(=O)OC(C)(C)C)C(=O)O[C@@H](C)[C@H](Cc1ccc(F)cc1)C(C)(C)OCc1ccc(F)cc1. The van der Waals surface area contributed by atoms with Gasteiger partial charge in [-0.25, -0.2) is 18.4 Å². The Morgan fingerprint density at radius 2 is 1.36 bits per heavy atom. The van der Waals surface area contributed by atoms with E-state index in [2.05, 4.69) is 5.32 Å². The summed E-state index contributed by atoms with van der Waals surface area (Å²) in [6, 6.07) is 11.2. The first-order valence-electron chi connectivity index (χ1n) is 12.0. The molecule has 0 bridgehead atoms. The first kappa shape index (κ1) is 29.2. The van der Waals surface area contributed by atoms with E-state index in [1.807, 2.05) is 13.8 Å². The summed E-state index contributed by atoms with van der Waals surface area (Å²) >= 11 is 0. The van der Waals surface area contributed by atoms with Gasteiger partial charge in [-0.3, -0.25) is 0 Å². The number of alkyl carbamates (subject to hydrolysis) is 1. The van der Waals surface area contributed by atoms with Crippen LogP contribution >= 0.6 is 0 Å². The number of esters is 1. The second-order valence-electron chi connectivity index (χ2n) is 10.5. The number of rotatable bonds is 10. The Labute approximate surface area is 212 Å². The van der Waals surface area contributed by atoms with Crippen molar-refractivity contribution in [3.05, 3.63) is 71.3 Å². The molecule has 8 heteroatoms. The molecule has 0 aromatic heterocycles. The molecule has 3 atom stereocenters. The third-order valence-electron chi connectivity index (χ3n) is 5.74. The number of ether oxygens (including phenoxy) is 3. The van der Waals surface area contributed by atoms with Crippen LogP contribution in [0.2, 0.25) is 0 Å². The topological polar surface area (TPSA) is 73.9 Å². The molecule has 0 heterocycles. The number of nitrogens with one attached hydrogen (secondary N) is 1. The van der Waals surface area contributed by atoms with Crippen molar-refractivity contribution in [2.45, 2.75) is 84.8 Å². The third kappa shape index (κ3) is 9.57. The van der Waals surface area contributed by atoms with Crippen LogP contribution in [0, 0.1) is 17.6 Å². The van der Waals surface area contributed by atoms with Gasteiger partial charge in [0.15, 0.2) is 0 Å². The molecule has 0 fully saturated rings. The largest absolute Gasteiger partial charge is 0.461 e. The highest BCUT2D eigenvalue weighted by molar-refractivity contribution is 5.81. The highest BCUT2D eigenvalue weighted by Gasteiger charge is 2.37. The van der Waals surface area contributed by atoms with E-state index in [9.17, 15) is 18.4 Å². The molecular weight excluding hydrogens is 468 g/mol. The van der Waals surface area contributed by atoms with Crippen LogP contribution in [-0.4, -0.2) is 35.4 Å². The summed E-state index contributed by atoms with van der Waals surface area (Å²) in [5.74, 6) is -1.63. The van der Waals surface area contributed by atoms with Crippen LogP contribution in [0.5, 0.6) is 0 Å². The molecule has 2 aromatic rings. The lowest BCUT2D eigenvalue weighted by Crippen LogP contribution is -2.47. The number of carbonyl (C=O) groups is 2. The van der Waals surface area contributed by atoms with Gasteiger partial charge in [0.25, 0.3) is 0 Å². The minimum Gasteiger partial charge on any atom is -0.461 e. The van der Waals surface area contributed by atoms with Crippen molar-refractivity contribution in [1.82, 2.24) is 5.32 Å². The number of benzene rings is 2. The first-order chi connectivity index (χ1) is 16.7. The van der Waals surface area contributed by atoms with E-state index in [1.165, 1.54) is 31.2 Å². The molecule has 1 amide bonds. The fraction of sp³-hybridized carbons (Fsp3) is 0.500. The molecule has 198 valence electrons. The normalized spacial score (nSPS) is 14.5. The van der Waals surface area contributed by atoms with Crippen LogP contribution in [0.25, 0.3) is 0 Å². The van der Waals surface area contributed by atoms with E-state index in [-0.39, 0.29) is 24.2 Å². The highest BCUT2D eigenvalue weighted by atomic mass is 19.1. The highest BCUT2D eigenvalue weighted by Crippen LogP contribution is 2.31. The summed E-state index contributed by atoms with van der Waals surface area (Å²) in [5, 5.41) is 2.49. The zero-order valence-corrected chi connectivity index (χ0v) is 22.1. The molecule has 6 nitrogen and oxygen atoms in total. The van der Waals surface area contributed by atoms with E-state index in [1.54, 1.807) is 52.0 Å². The van der Waals surface area contributed by atoms with Crippen molar-refractivity contribution >= 4 is 12.1 Å². The Morgan fingerprint density at radius 1 is 0.861 bits per heavy atom. The fourth-order valence-corrected chi connectivity index (χ4v) is 3.72. The van der Waals surface area contributed by atoms with Crippen molar-refractivity contribution in [1.29, 1.82) is 0 Å². The second kappa shape index (κ2) is 12.3. The Balaban J connectivity index is 2.15. The van der Waals surface area contributed by atoms with E-state index >= 15 is 0 Å². The van der Waals surface area contributed by atoms with Crippen molar-refractivity contribution < 1.29 is 32.6 Å². The lowest BCUT2D eigenvalue weighted by Gasteiger charge is -2.38. The van der Waals surface area contributed by atoms with Crippen LogP contribution in [0.1, 0.15) is 59.6 Å². The quantitative estimate of drug-likeness (QED) is 0.403. The predicted molar refractivity (Wildman–Crippen MR) is 133 cm³/mol. The van der Waals surface area contributed by atoms with Crippen molar-refractivity contribution in [2.75, 3.05) is 0 Å². The minimum absolute atomic E-state index is 0.227. The van der Waals surface area contributed by atoms with Crippen molar-refractivity contribution in [2.24, 2.45) is 5.92 Å². The van der Waals surface area contributed by atoms with Crippen molar-refractivity contribution in [3.63, 3.8) is 0 Å². The van der Waals surface area contributed by atoms with Crippen LogP contribution in [0.3, 0.4) is 0 Å². The summed E-state index contributed by atoms with van der Waals surface area (Å²) in [6.45, 7) is 12.5. The number of carbonyl (C=O) groups excluding carboxylic acids is 2. The zero-order valence-electron chi connectivity index (χ0n) is 22.1.